The fourth-order valence-corrected chi connectivity index (χ4v) is 1.69. The lowest BCUT2D eigenvalue weighted by Crippen LogP contribution is -2.28. The lowest BCUT2D eigenvalue weighted by molar-refractivity contribution is 0.0990. The molecule has 0 amide bonds. The fourth-order valence-electron chi connectivity index (χ4n) is 1.56. The van der Waals surface area contributed by atoms with Gasteiger partial charge in [-0.3, -0.25) is 0 Å². The molecule has 0 saturated carbocycles. The lowest BCUT2D eigenvalue weighted by Gasteiger charge is -2.19. The molecular weight excluding hydrogens is 246 g/mol. The van der Waals surface area contributed by atoms with Crippen LogP contribution in [0.2, 0.25) is 5.02 Å². The maximum atomic E-state index is 12.1. The van der Waals surface area contributed by atoms with Gasteiger partial charge in [0.1, 0.15) is 0 Å². The molecule has 0 aromatic heterocycles. The van der Waals surface area contributed by atoms with Crippen LogP contribution in [-0.4, -0.2) is 31.5 Å². The van der Waals surface area contributed by atoms with E-state index in [0.29, 0.717) is 18.0 Å². The standard InChI is InChI=1S/C12H17ClF2N2/c1-17(8-12(14)15)7-6-11(16)9-2-4-10(13)5-3-9/h2-5,11-12H,6-8,16H2,1H3. The van der Waals surface area contributed by atoms with E-state index in [-0.39, 0.29) is 12.6 Å². The Bertz CT molecular complexity index is 330. The van der Waals surface area contributed by atoms with E-state index in [9.17, 15) is 8.78 Å². The largest absolute Gasteiger partial charge is 0.324 e. The van der Waals surface area contributed by atoms with Crippen molar-refractivity contribution in [3.63, 3.8) is 0 Å². The average Bonchev–Trinajstić information content (AvgIpc) is 2.26. The van der Waals surface area contributed by atoms with Crippen LogP contribution in [0, 0.1) is 0 Å². The van der Waals surface area contributed by atoms with Crippen molar-refractivity contribution in [2.75, 3.05) is 20.1 Å². The molecule has 1 aromatic rings. The van der Waals surface area contributed by atoms with E-state index in [4.69, 9.17) is 17.3 Å². The minimum Gasteiger partial charge on any atom is -0.324 e. The molecule has 96 valence electrons. The molecule has 0 radical (unpaired) electrons. The van der Waals surface area contributed by atoms with Gasteiger partial charge >= 0.3 is 0 Å². The average molecular weight is 263 g/mol. The van der Waals surface area contributed by atoms with Gasteiger partial charge in [0.05, 0.1) is 6.54 Å². The first-order valence-electron chi connectivity index (χ1n) is 5.46. The number of nitrogens with zero attached hydrogens (tertiary/aromatic N) is 1. The van der Waals surface area contributed by atoms with Crippen molar-refractivity contribution in [2.45, 2.75) is 18.9 Å². The van der Waals surface area contributed by atoms with E-state index in [0.717, 1.165) is 5.56 Å². The smallest absolute Gasteiger partial charge is 0.251 e. The van der Waals surface area contributed by atoms with Gasteiger partial charge in [-0.25, -0.2) is 8.78 Å². The number of halogens is 3. The third-order valence-electron chi connectivity index (χ3n) is 2.57. The van der Waals surface area contributed by atoms with Gasteiger partial charge in [0.15, 0.2) is 0 Å². The molecule has 0 aliphatic rings. The number of benzene rings is 1. The topological polar surface area (TPSA) is 29.3 Å². The summed E-state index contributed by atoms with van der Waals surface area (Å²) in [6.45, 7) is 0.335. The van der Waals surface area contributed by atoms with Crippen molar-refractivity contribution in [3.05, 3.63) is 34.9 Å². The number of hydrogen-bond acceptors (Lipinski definition) is 2. The third kappa shape index (κ3) is 5.44. The molecule has 0 heterocycles. The minimum absolute atomic E-state index is 0.146. The number of hydrogen-bond donors (Lipinski definition) is 1. The van der Waals surface area contributed by atoms with Crippen molar-refractivity contribution in [3.8, 4) is 0 Å². The summed E-state index contributed by atoms with van der Waals surface area (Å²) in [6, 6.07) is 7.13. The van der Waals surface area contributed by atoms with Gasteiger partial charge in [0.25, 0.3) is 6.43 Å². The van der Waals surface area contributed by atoms with E-state index in [1.165, 1.54) is 0 Å². The minimum atomic E-state index is -2.30. The number of alkyl halides is 2. The van der Waals surface area contributed by atoms with Crippen molar-refractivity contribution >= 4 is 11.6 Å². The van der Waals surface area contributed by atoms with Crippen LogP contribution in [0.4, 0.5) is 8.78 Å². The Hall–Kier alpha value is -0.710. The highest BCUT2D eigenvalue weighted by Gasteiger charge is 2.10. The van der Waals surface area contributed by atoms with Crippen molar-refractivity contribution in [1.82, 2.24) is 4.90 Å². The van der Waals surface area contributed by atoms with Gasteiger partial charge in [0, 0.05) is 11.1 Å². The number of rotatable bonds is 6. The zero-order valence-electron chi connectivity index (χ0n) is 9.74. The summed E-state index contributed by atoms with van der Waals surface area (Å²) < 4.78 is 24.2. The Morgan fingerprint density at radius 3 is 2.41 bits per heavy atom. The molecule has 2 nitrogen and oxygen atoms in total. The summed E-state index contributed by atoms with van der Waals surface area (Å²) in [5, 5.41) is 0.663. The second kappa shape index (κ2) is 6.89. The summed E-state index contributed by atoms with van der Waals surface area (Å²) in [5.74, 6) is 0. The van der Waals surface area contributed by atoms with E-state index in [1.54, 1.807) is 24.1 Å². The molecule has 1 unspecified atom stereocenters. The summed E-state index contributed by atoms with van der Waals surface area (Å²) in [7, 11) is 1.67. The predicted octanol–water partition coefficient (Wildman–Crippen LogP) is 2.93. The van der Waals surface area contributed by atoms with Crippen LogP contribution >= 0.6 is 11.6 Å². The van der Waals surface area contributed by atoms with E-state index in [2.05, 4.69) is 0 Å². The Balaban J connectivity index is 2.39. The Kier molecular flexibility index (Phi) is 5.82. The van der Waals surface area contributed by atoms with E-state index < -0.39 is 6.43 Å². The van der Waals surface area contributed by atoms with Gasteiger partial charge in [0.2, 0.25) is 0 Å². The molecular formula is C12H17ClF2N2. The maximum Gasteiger partial charge on any atom is 0.251 e. The van der Waals surface area contributed by atoms with Gasteiger partial charge < -0.3 is 10.6 Å². The molecule has 0 saturated heterocycles. The van der Waals surface area contributed by atoms with Crippen LogP contribution in [0.1, 0.15) is 18.0 Å². The van der Waals surface area contributed by atoms with Crippen molar-refractivity contribution < 1.29 is 8.78 Å². The van der Waals surface area contributed by atoms with Gasteiger partial charge in [-0.15, -0.1) is 0 Å². The van der Waals surface area contributed by atoms with Gasteiger partial charge in [-0.1, -0.05) is 23.7 Å². The SMILES string of the molecule is CN(CCC(N)c1ccc(Cl)cc1)CC(F)F. The summed E-state index contributed by atoms with van der Waals surface area (Å²) in [6.07, 6.45) is -1.66. The molecule has 0 aliphatic carbocycles. The van der Waals surface area contributed by atoms with Crippen LogP contribution < -0.4 is 5.73 Å². The Labute approximate surface area is 105 Å². The molecule has 17 heavy (non-hydrogen) atoms. The van der Waals surface area contributed by atoms with Gasteiger partial charge in [-0.05, 0) is 37.7 Å². The second-order valence-electron chi connectivity index (χ2n) is 4.10. The molecule has 2 N–H and O–H groups in total. The Morgan fingerprint density at radius 1 is 1.29 bits per heavy atom. The molecule has 1 rings (SSSR count). The molecule has 5 heteroatoms. The highest BCUT2D eigenvalue weighted by atomic mass is 35.5. The Morgan fingerprint density at radius 2 is 1.88 bits per heavy atom. The maximum absolute atomic E-state index is 12.1. The highest BCUT2D eigenvalue weighted by molar-refractivity contribution is 6.30. The van der Waals surface area contributed by atoms with Crippen LogP contribution in [0.25, 0.3) is 0 Å². The van der Waals surface area contributed by atoms with E-state index in [1.807, 2.05) is 12.1 Å². The van der Waals surface area contributed by atoms with Crippen LogP contribution in [0.15, 0.2) is 24.3 Å². The summed E-state index contributed by atoms with van der Waals surface area (Å²) >= 11 is 5.77. The first kappa shape index (κ1) is 14.4. The normalized spacial score (nSPS) is 13.4. The third-order valence-corrected chi connectivity index (χ3v) is 2.82. The molecule has 0 aliphatic heterocycles. The molecule has 1 aromatic carbocycles. The highest BCUT2D eigenvalue weighted by Crippen LogP contribution is 2.17. The first-order chi connectivity index (χ1) is 7.99. The van der Waals surface area contributed by atoms with Crippen LogP contribution in [-0.2, 0) is 0 Å². The van der Waals surface area contributed by atoms with E-state index >= 15 is 0 Å². The van der Waals surface area contributed by atoms with Gasteiger partial charge in [-0.2, -0.15) is 0 Å². The molecule has 0 fully saturated rings. The molecule has 0 bridgehead atoms. The molecule has 0 spiro atoms. The fraction of sp³-hybridized carbons (Fsp3) is 0.500. The summed E-state index contributed by atoms with van der Waals surface area (Å²) in [5.41, 5.74) is 6.94. The van der Waals surface area contributed by atoms with Crippen LogP contribution in [0.3, 0.4) is 0 Å². The van der Waals surface area contributed by atoms with Crippen molar-refractivity contribution in [2.24, 2.45) is 5.73 Å². The first-order valence-corrected chi connectivity index (χ1v) is 5.84. The summed E-state index contributed by atoms with van der Waals surface area (Å²) in [4.78, 5) is 1.58. The zero-order chi connectivity index (χ0) is 12.8. The lowest BCUT2D eigenvalue weighted by atomic mass is 10.0. The van der Waals surface area contributed by atoms with Crippen LogP contribution in [0.5, 0.6) is 0 Å². The zero-order valence-corrected chi connectivity index (χ0v) is 10.5. The monoisotopic (exact) mass is 262 g/mol. The predicted molar refractivity (Wildman–Crippen MR) is 66.5 cm³/mol. The number of nitrogens with two attached hydrogens (primary N) is 1. The quantitative estimate of drug-likeness (QED) is 0.854. The molecule has 1 atom stereocenters. The second-order valence-corrected chi connectivity index (χ2v) is 4.54. The van der Waals surface area contributed by atoms with Crippen molar-refractivity contribution in [1.29, 1.82) is 0 Å².